The first-order valence-electron chi connectivity index (χ1n) is 5.79. The van der Waals surface area contributed by atoms with E-state index >= 15 is 0 Å². The molecule has 0 bridgehead atoms. The zero-order chi connectivity index (χ0) is 14.7. The highest BCUT2D eigenvalue weighted by Crippen LogP contribution is 2.30. The number of alkyl halides is 1. The van der Waals surface area contributed by atoms with Crippen LogP contribution in [0, 0.1) is 22.9 Å². The Labute approximate surface area is 119 Å². The molecule has 0 amide bonds. The van der Waals surface area contributed by atoms with Gasteiger partial charge in [0.05, 0.1) is 10.8 Å². The Hall–Kier alpha value is -2.14. The number of nitro groups is 1. The Morgan fingerprint density at radius 2 is 2.10 bits per heavy atom. The van der Waals surface area contributed by atoms with Crippen LogP contribution in [0.1, 0.15) is 11.1 Å². The van der Waals surface area contributed by atoms with Crippen LogP contribution in [0.25, 0.3) is 0 Å². The first-order valence-corrected chi connectivity index (χ1v) is 6.32. The molecule has 4 nitrogen and oxygen atoms in total. The van der Waals surface area contributed by atoms with E-state index in [1.54, 1.807) is 19.1 Å². The van der Waals surface area contributed by atoms with E-state index in [0.29, 0.717) is 16.9 Å². The maximum Gasteiger partial charge on any atom is 0.274 e. The third-order valence-electron chi connectivity index (χ3n) is 2.78. The van der Waals surface area contributed by atoms with Crippen molar-refractivity contribution >= 4 is 17.3 Å². The highest BCUT2D eigenvalue weighted by atomic mass is 35.5. The minimum absolute atomic E-state index is 0.0240. The van der Waals surface area contributed by atoms with Crippen LogP contribution in [-0.4, -0.2) is 4.92 Å². The fraction of sp³-hybridized carbons (Fsp3) is 0.143. The van der Waals surface area contributed by atoms with Crippen molar-refractivity contribution in [3.63, 3.8) is 0 Å². The molecule has 2 rings (SSSR count). The normalized spacial score (nSPS) is 10.3. The van der Waals surface area contributed by atoms with Crippen LogP contribution in [0.4, 0.5) is 10.1 Å². The van der Waals surface area contributed by atoms with Gasteiger partial charge in [-0.15, -0.1) is 11.6 Å². The minimum atomic E-state index is -0.519. The monoisotopic (exact) mass is 295 g/mol. The molecule has 0 aliphatic heterocycles. The summed E-state index contributed by atoms with van der Waals surface area (Å²) in [5.74, 6) is -0.113. The van der Waals surface area contributed by atoms with E-state index in [0.717, 1.165) is 0 Å². The summed E-state index contributed by atoms with van der Waals surface area (Å²) in [6.45, 7) is 1.63. The number of halogens is 2. The first-order chi connectivity index (χ1) is 9.52. The van der Waals surface area contributed by atoms with E-state index in [9.17, 15) is 14.5 Å². The zero-order valence-corrected chi connectivity index (χ0v) is 11.4. The van der Waals surface area contributed by atoms with Crippen LogP contribution >= 0.6 is 11.6 Å². The summed E-state index contributed by atoms with van der Waals surface area (Å²) in [6.07, 6.45) is 0. The van der Waals surface area contributed by atoms with Gasteiger partial charge in [-0.25, -0.2) is 4.39 Å². The average Bonchev–Trinajstić information content (AvgIpc) is 2.43. The fourth-order valence-corrected chi connectivity index (χ4v) is 1.95. The Bertz CT molecular complexity index is 661. The molecule has 0 saturated heterocycles. The van der Waals surface area contributed by atoms with E-state index in [1.807, 2.05) is 0 Å². The molecule has 0 spiro atoms. The van der Waals surface area contributed by atoms with E-state index in [-0.39, 0.29) is 17.3 Å². The summed E-state index contributed by atoms with van der Waals surface area (Å²) < 4.78 is 19.2. The van der Waals surface area contributed by atoms with Crippen molar-refractivity contribution in [2.75, 3.05) is 0 Å². The number of aryl methyl sites for hydroxylation is 1. The van der Waals surface area contributed by atoms with Crippen molar-refractivity contribution in [1.82, 2.24) is 0 Å². The summed E-state index contributed by atoms with van der Waals surface area (Å²) in [6, 6.07) is 8.93. The Morgan fingerprint density at radius 3 is 2.75 bits per heavy atom. The lowest BCUT2D eigenvalue weighted by Crippen LogP contribution is -1.95. The van der Waals surface area contributed by atoms with Crippen molar-refractivity contribution < 1.29 is 14.1 Å². The Morgan fingerprint density at radius 1 is 1.35 bits per heavy atom. The van der Waals surface area contributed by atoms with E-state index in [2.05, 4.69) is 0 Å². The molecule has 0 N–H and O–H groups in total. The number of hydrogen-bond acceptors (Lipinski definition) is 3. The van der Waals surface area contributed by atoms with Gasteiger partial charge < -0.3 is 4.74 Å². The third kappa shape index (κ3) is 2.88. The molecule has 0 heterocycles. The van der Waals surface area contributed by atoms with Crippen molar-refractivity contribution in [3.8, 4) is 11.5 Å². The largest absolute Gasteiger partial charge is 0.454 e. The fourth-order valence-electron chi connectivity index (χ4n) is 1.74. The third-order valence-corrected chi connectivity index (χ3v) is 3.06. The molecule has 0 aliphatic rings. The Balaban J connectivity index is 2.35. The first kappa shape index (κ1) is 14.3. The lowest BCUT2D eigenvalue weighted by molar-refractivity contribution is -0.385. The number of nitro benzene ring substituents is 1. The van der Waals surface area contributed by atoms with Gasteiger partial charge in [-0.2, -0.15) is 0 Å². The molecule has 0 saturated carbocycles. The Kier molecular flexibility index (Phi) is 4.20. The van der Waals surface area contributed by atoms with Crippen LogP contribution in [0.15, 0.2) is 36.4 Å². The van der Waals surface area contributed by atoms with Crippen molar-refractivity contribution in [1.29, 1.82) is 0 Å². The number of hydrogen-bond donors (Lipinski definition) is 0. The molecular weight excluding hydrogens is 285 g/mol. The van der Waals surface area contributed by atoms with E-state index < -0.39 is 10.7 Å². The molecule has 2 aromatic rings. The summed E-state index contributed by atoms with van der Waals surface area (Å²) in [7, 11) is 0. The molecule has 0 unspecified atom stereocenters. The van der Waals surface area contributed by atoms with Gasteiger partial charge in [0, 0.05) is 11.6 Å². The zero-order valence-electron chi connectivity index (χ0n) is 10.6. The molecule has 6 heteroatoms. The number of nitrogens with zero attached hydrogens (tertiary/aromatic N) is 1. The maximum absolute atomic E-state index is 13.8. The summed E-state index contributed by atoms with van der Waals surface area (Å²) in [4.78, 5) is 10.3. The molecule has 104 valence electrons. The van der Waals surface area contributed by atoms with Gasteiger partial charge in [-0.3, -0.25) is 10.1 Å². The van der Waals surface area contributed by atoms with Gasteiger partial charge in [-0.1, -0.05) is 12.1 Å². The van der Waals surface area contributed by atoms with Gasteiger partial charge >= 0.3 is 0 Å². The number of ether oxygens (including phenoxy) is 1. The SMILES string of the molecule is Cc1cccc(Oc2ccc([N+](=O)[O-])c(CCl)c2)c1F. The van der Waals surface area contributed by atoms with Crippen molar-refractivity contribution in [2.45, 2.75) is 12.8 Å². The van der Waals surface area contributed by atoms with Crippen LogP contribution < -0.4 is 4.74 Å². The van der Waals surface area contributed by atoms with Crippen LogP contribution in [0.3, 0.4) is 0 Å². The lowest BCUT2D eigenvalue weighted by Gasteiger charge is -2.09. The van der Waals surface area contributed by atoms with Crippen molar-refractivity contribution in [3.05, 3.63) is 63.5 Å². The van der Waals surface area contributed by atoms with Gasteiger partial charge in [0.1, 0.15) is 5.75 Å². The molecule has 0 aromatic heterocycles. The van der Waals surface area contributed by atoms with Crippen LogP contribution in [0.5, 0.6) is 11.5 Å². The predicted molar refractivity (Wildman–Crippen MR) is 73.9 cm³/mol. The highest BCUT2D eigenvalue weighted by molar-refractivity contribution is 6.17. The highest BCUT2D eigenvalue weighted by Gasteiger charge is 2.15. The summed E-state index contributed by atoms with van der Waals surface area (Å²) >= 11 is 5.67. The van der Waals surface area contributed by atoms with E-state index in [4.69, 9.17) is 16.3 Å². The smallest absolute Gasteiger partial charge is 0.274 e. The molecule has 20 heavy (non-hydrogen) atoms. The molecule has 0 aliphatic carbocycles. The van der Waals surface area contributed by atoms with E-state index in [1.165, 1.54) is 24.3 Å². The summed E-state index contributed by atoms with van der Waals surface area (Å²) in [5, 5.41) is 10.8. The van der Waals surface area contributed by atoms with Gasteiger partial charge in [0.2, 0.25) is 0 Å². The maximum atomic E-state index is 13.8. The molecule has 0 atom stereocenters. The second kappa shape index (κ2) is 5.88. The van der Waals surface area contributed by atoms with Crippen LogP contribution in [-0.2, 0) is 5.88 Å². The summed E-state index contributed by atoms with van der Waals surface area (Å²) in [5.41, 5.74) is 0.696. The molecular formula is C14H11ClFNO3. The van der Waals surface area contributed by atoms with Gasteiger partial charge in [0.25, 0.3) is 5.69 Å². The molecule has 2 aromatic carbocycles. The lowest BCUT2D eigenvalue weighted by atomic mass is 10.2. The standard InChI is InChI=1S/C14H11ClFNO3/c1-9-3-2-4-13(14(9)16)20-11-5-6-12(17(18)19)10(7-11)8-15/h2-7H,8H2,1H3. The average molecular weight is 296 g/mol. The minimum Gasteiger partial charge on any atom is -0.454 e. The second-order valence-electron chi connectivity index (χ2n) is 4.17. The molecule has 0 radical (unpaired) electrons. The van der Waals surface area contributed by atoms with Gasteiger partial charge in [0.15, 0.2) is 11.6 Å². The number of rotatable bonds is 4. The van der Waals surface area contributed by atoms with Crippen molar-refractivity contribution in [2.24, 2.45) is 0 Å². The van der Waals surface area contributed by atoms with Gasteiger partial charge in [-0.05, 0) is 30.7 Å². The number of benzene rings is 2. The van der Waals surface area contributed by atoms with Crippen LogP contribution in [0.2, 0.25) is 0 Å². The molecule has 0 fully saturated rings. The second-order valence-corrected chi connectivity index (χ2v) is 4.44. The quantitative estimate of drug-likeness (QED) is 0.471. The predicted octanol–water partition coefficient (Wildman–Crippen LogP) is 4.57. The topological polar surface area (TPSA) is 52.4 Å².